The van der Waals surface area contributed by atoms with Gasteiger partial charge < -0.3 is 4.98 Å². The van der Waals surface area contributed by atoms with Gasteiger partial charge in [-0.05, 0) is 24.6 Å². The van der Waals surface area contributed by atoms with Crippen molar-refractivity contribution in [2.45, 2.75) is 6.92 Å². The summed E-state index contributed by atoms with van der Waals surface area (Å²) in [6.45, 7) is 1.99. The Kier molecular flexibility index (Phi) is 2.06. The van der Waals surface area contributed by atoms with Crippen molar-refractivity contribution in [2.24, 2.45) is 0 Å². The Balaban J connectivity index is 3.03. The zero-order chi connectivity index (χ0) is 9.42. The van der Waals surface area contributed by atoms with Gasteiger partial charge in [-0.1, -0.05) is 23.8 Å². The average molecular weight is 211 g/mol. The predicted molar refractivity (Wildman–Crippen MR) is 56.7 cm³/mol. The lowest BCUT2D eigenvalue weighted by Crippen LogP contribution is -1.86. The molecule has 0 unspecified atom stereocenters. The lowest BCUT2D eigenvalue weighted by Gasteiger charge is -2.01. The van der Waals surface area contributed by atoms with E-state index in [9.17, 15) is 0 Å². The summed E-state index contributed by atoms with van der Waals surface area (Å²) in [5.74, 6) is 0. The summed E-state index contributed by atoms with van der Waals surface area (Å²) in [5, 5.41) is 1.60. The Morgan fingerprint density at radius 1 is 1.46 bits per heavy atom. The van der Waals surface area contributed by atoms with Gasteiger partial charge in [0.05, 0.1) is 11.8 Å². The molecule has 1 aromatic heterocycles. The van der Waals surface area contributed by atoms with Gasteiger partial charge in [0.2, 0.25) is 0 Å². The number of H-pyrrole nitrogens is 1. The van der Waals surface area contributed by atoms with E-state index in [1.807, 2.05) is 19.1 Å². The topological polar surface area (TPSA) is 28.7 Å². The van der Waals surface area contributed by atoms with Crippen LogP contribution in [0.2, 0.25) is 5.02 Å². The third-order valence-electron chi connectivity index (χ3n) is 1.92. The number of halogens is 1. The molecule has 1 heterocycles. The van der Waals surface area contributed by atoms with E-state index >= 15 is 0 Å². The molecule has 0 radical (unpaired) electrons. The first-order valence-corrected chi connectivity index (χ1v) is 4.60. The molecule has 13 heavy (non-hydrogen) atoms. The van der Waals surface area contributed by atoms with E-state index in [0.29, 0.717) is 9.66 Å². The van der Waals surface area contributed by atoms with Crippen molar-refractivity contribution < 1.29 is 0 Å². The zero-order valence-electron chi connectivity index (χ0n) is 6.97. The fourth-order valence-electron chi connectivity index (χ4n) is 1.33. The standard InChI is InChI=1S/C9H7ClN2S/c1-5-2-6(10)3-7-8(5)11-4-12-9(7)13/h2-4H,1H3,(H,11,12,13). The highest BCUT2D eigenvalue weighted by Crippen LogP contribution is 2.21. The van der Waals surface area contributed by atoms with Crippen LogP contribution in [0.15, 0.2) is 18.5 Å². The number of hydrogen-bond donors (Lipinski definition) is 1. The average Bonchev–Trinajstić information content (AvgIpc) is 2.07. The number of nitrogens with zero attached hydrogens (tertiary/aromatic N) is 1. The summed E-state index contributed by atoms with van der Waals surface area (Å²) >= 11 is 11.0. The fraction of sp³-hybridized carbons (Fsp3) is 0.111. The van der Waals surface area contributed by atoms with Gasteiger partial charge in [-0.3, -0.25) is 0 Å². The number of hydrogen-bond acceptors (Lipinski definition) is 2. The van der Waals surface area contributed by atoms with Crippen LogP contribution >= 0.6 is 23.8 Å². The molecule has 0 bridgehead atoms. The third kappa shape index (κ3) is 1.45. The molecule has 1 N–H and O–H groups in total. The number of benzene rings is 1. The number of nitrogens with one attached hydrogen (secondary N) is 1. The van der Waals surface area contributed by atoms with Gasteiger partial charge in [-0.2, -0.15) is 0 Å². The van der Waals surface area contributed by atoms with Crippen molar-refractivity contribution in [2.75, 3.05) is 0 Å². The Bertz CT molecular complexity index is 518. The first-order valence-electron chi connectivity index (χ1n) is 3.82. The maximum atomic E-state index is 5.91. The van der Waals surface area contributed by atoms with Gasteiger partial charge in [0.25, 0.3) is 0 Å². The molecule has 0 aliphatic rings. The van der Waals surface area contributed by atoms with E-state index in [2.05, 4.69) is 9.97 Å². The maximum absolute atomic E-state index is 5.91. The van der Waals surface area contributed by atoms with E-state index in [1.165, 1.54) is 0 Å². The fourth-order valence-corrected chi connectivity index (χ4v) is 1.81. The summed E-state index contributed by atoms with van der Waals surface area (Å²) in [4.78, 5) is 7.04. The zero-order valence-corrected chi connectivity index (χ0v) is 8.54. The van der Waals surface area contributed by atoms with Crippen LogP contribution in [0, 0.1) is 11.6 Å². The van der Waals surface area contributed by atoms with Crippen molar-refractivity contribution in [3.05, 3.63) is 33.7 Å². The second-order valence-corrected chi connectivity index (χ2v) is 3.68. The number of aromatic amines is 1. The minimum Gasteiger partial charge on any atom is -0.346 e. The van der Waals surface area contributed by atoms with Crippen molar-refractivity contribution in [1.82, 2.24) is 9.97 Å². The molecule has 2 rings (SSSR count). The normalized spacial score (nSPS) is 10.6. The monoisotopic (exact) mass is 210 g/mol. The molecule has 66 valence electrons. The molecule has 0 spiro atoms. The van der Waals surface area contributed by atoms with Gasteiger partial charge >= 0.3 is 0 Å². The molecule has 1 aromatic carbocycles. The molecule has 0 fully saturated rings. The van der Waals surface area contributed by atoms with Crippen LogP contribution in [0.3, 0.4) is 0 Å². The maximum Gasteiger partial charge on any atom is 0.137 e. The summed E-state index contributed by atoms with van der Waals surface area (Å²) in [5.41, 5.74) is 2.08. The summed E-state index contributed by atoms with van der Waals surface area (Å²) in [6, 6.07) is 3.73. The Labute approximate surface area is 85.6 Å². The van der Waals surface area contributed by atoms with Gasteiger partial charge in [-0.15, -0.1) is 0 Å². The SMILES string of the molecule is Cc1cc(Cl)cc2c(=S)nc[nH]c12. The molecule has 4 heteroatoms. The Morgan fingerprint density at radius 3 is 3.00 bits per heavy atom. The van der Waals surface area contributed by atoms with Gasteiger partial charge in [0.1, 0.15) is 4.64 Å². The third-order valence-corrected chi connectivity index (χ3v) is 2.46. The molecule has 0 aliphatic heterocycles. The number of fused-ring (bicyclic) bond motifs is 1. The molecule has 0 amide bonds. The highest BCUT2D eigenvalue weighted by molar-refractivity contribution is 7.71. The number of rotatable bonds is 0. The summed E-state index contributed by atoms with van der Waals surface area (Å²) < 4.78 is 0.583. The molecule has 0 saturated carbocycles. The van der Waals surface area contributed by atoms with Crippen LogP contribution in [-0.2, 0) is 0 Å². The summed E-state index contributed by atoms with van der Waals surface area (Å²) in [6.07, 6.45) is 1.60. The van der Waals surface area contributed by atoms with Gasteiger partial charge in [0.15, 0.2) is 0 Å². The summed E-state index contributed by atoms with van der Waals surface area (Å²) in [7, 11) is 0. The molecular formula is C9H7ClN2S. The van der Waals surface area contributed by atoms with Crippen LogP contribution in [0.5, 0.6) is 0 Å². The minimum absolute atomic E-state index is 0.583. The number of aromatic nitrogens is 2. The van der Waals surface area contributed by atoms with Gasteiger partial charge in [-0.25, -0.2) is 4.98 Å². The van der Waals surface area contributed by atoms with E-state index in [-0.39, 0.29) is 0 Å². The van der Waals surface area contributed by atoms with Crippen LogP contribution in [0.4, 0.5) is 0 Å². The highest BCUT2D eigenvalue weighted by Gasteiger charge is 2.00. The van der Waals surface area contributed by atoms with E-state index in [1.54, 1.807) is 6.33 Å². The van der Waals surface area contributed by atoms with Crippen molar-refractivity contribution in [3.8, 4) is 0 Å². The van der Waals surface area contributed by atoms with Crippen LogP contribution < -0.4 is 0 Å². The first kappa shape index (κ1) is 8.66. The smallest absolute Gasteiger partial charge is 0.137 e. The molecule has 0 atom stereocenters. The van der Waals surface area contributed by atoms with Crippen molar-refractivity contribution >= 4 is 34.7 Å². The quantitative estimate of drug-likeness (QED) is 0.677. The first-order chi connectivity index (χ1) is 6.18. The van der Waals surface area contributed by atoms with Crippen molar-refractivity contribution in [1.29, 1.82) is 0 Å². The van der Waals surface area contributed by atoms with Crippen LogP contribution in [-0.4, -0.2) is 9.97 Å². The van der Waals surface area contributed by atoms with E-state index in [0.717, 1.165) is 16.5 Å². The molecular weight excluding hydrogens is 204 g/mol. The van der Waals surface area contributed by atoms with Gasteiger partial charge in [0, 0.05) is 10.4 Å². The van der Waals surface area contributed by atoms with E-state index < -0.39 is 0 Å². The predicted octanol–water partition coefficient (Wildman–Crippen LogP) is 3.25. The Hall–Kier alpha value is -0.930. The second-order valence-electron chi connectivity index (χ2n) is 2.85. The largest absolute Gasteiger partial charge is 0.346 e. The van der Waals surface area contributed by atoms with E-state index in [4.69, 9.17) is 23.8 Å². The van der Waals surface area contributed by atoms with Crippen molar-refractivity contribution in [3.63, 3.8) is 0 Å². The minimum atomic E-state index is 0.583. The molecule has 0 aliphatic carbocycles. The molecule has 2 aromatic rings. The molecule has 0 saturated heterocycles. The van der Waals surface area contributed by atoms with Crippen LogP contribution in [0.1, 0.15) is 5.56 Å². The highest BCUT2D eigenvalue weighted by atomic mass is 35.5. The van der Waals surface area contributed by atoms with Crippen LogP contribution in [0.25, 0.3) is 10.9 Å². The Morgan fingerprint density at radius 2 is 2.23 bits per heavy atom. The lowest BCUT2D eigenvalue weighted by atomic mass is 10.1. The second kappa shape index (κ2) is 3.09. The number of aryl methyl sites for hydroxylation is 1. The lowest BCUT2D eigenvalue weighted by molar-refractivity contribution is 1.20. The molecule has 2 nitrogen and oxygen atoms in total.